The highest BCUT2D eigenvalue weighted by Gasteiger charge is 2.20. The van der Waals surface area contributed by atoms with Crippen LogP contribution >= 0.6 is 0 Å². The van der Waals surface area contributed by atoms with E-state index in [1.165, 1.54) is 32.1 Å². The lowest BCUT2D eigenvalue weighted by molar-refractivity contribution is 0.157. The van der Waals surface area contributed by atoms with Crippen LogP contribution < -0.4 is 5.32 Å². The van der Waals surface area contributed by atoms with Crippen LogP contribution in [-0.2, 0) is 4.74 Å². The molecule has 1 rings (SSSR count). The van der Waals surface area contributed by atoms with Crippen LogP contribution in [0.4, 0.5) is 0 Å². The second-order valence-electron chi connectivity index (χ2n) is 4.71. The van der Waals surface area contributed by atoms with Gasteiger partial charge in [-0.15, -0.1) is 0 Å². The van der Waals surface area contributed by atoms with Gasteiger partial charge in [0.05, 0.1) is 6.61 Å². The van der Waals surface area contributed by atoms with Crippen molar-refractivity contribution >= 4 is 0 Å². The summed E-state index contributed by atoms with van der Waals surface area (Å²) in [6.07, 6.45) is 7.11. The number of ether oxygens (including phenoxy) is 1. The Hall–Kier alpha value is -0.0800. The van der Waals surface area contributed by atoms with E-state index in [4.69, 9.17) is 4.74 Å². The zero-order valence-electron chi connectivity index (χ0n) is 9.88. The normalized spacial score (nSPS) is 23.4. The molecule has 0 aromatic heterocycles. The van der Waals surface area contributed by atoms with Crippen LogP contribution in [0, 0.1) is 5.92 Å². The highest BCUT2D eigenvalue weighted by molar-refractivity contribution is 4.77. The first kappa shape index (κ1) is 12.0. The second-order valence-corrected chi connectivity index (χ2v) is 4.71. The molecule has 1 saturated carbocycles. The Bertz CT molecular complexity index is 143. The molecule has 0 radical (unpaired) electrons. The predicted octanol–water partition coefficient (Wildman–Crippen LogP) is 2.58. The van der Waals surface area contributed by atoms with Gasteiger partial charge in [-0.05, 0) is 32.6 Å². The number of nitrogens with one attached hydrogen (secondary N) is 1. The highest BCUT2D eigenvalue weighted by Crippen LogP contribution is 2.26. The summed E-state index contributed by atoms with van der Waals surface area (Å²) in [5.41, 5.74) is 0. The molecule has 2 atom stereocenters. The summed E-state index contributed by atoms with van der Waals surface area (Å²) in [5.74, 6) is 0.892. The molecule has 0 saturated heterocycles. The van der Waals surface area contributed by atoms with Gasteiger partial charge in [0.1, 0.15) is 0 Å². The monoisotopic (exact) mass is 199 g/mol. The SMILES string of the molecule is COCC(C)NC(C)C1CCCCC1. The van der Waals surface area contributed by atoms with Crippen molar-refractivity contribution in [1.82, 2.24) is 5.32 Å². The maximum absolute atomic E-state index is 5.13. The van der Waals surface area contributed by atoms with Crippen LogP contribution in [0.2, 0.25) is 0 Å². The van der Waals surface area contributed by atoms with E-state index >= 15 is 0 Å². The average Bonchev–Trinajstić information content (AvgIpc) is 2.19. The Labute approximate surface area is 88.4 Å². The molecule has 1 aliphatic rings. The Morgan fingerprint density at radius 2 is 1.86 bits per heavy atom. The molecule has 1 fully saturated rings. The first-order chi connectivity index (χ1) is 6.74. The third-order valence-electron chi connectivity index (χ3n) is 3.32. The van der Waals surface area contributed by atoms with E-state index in [1.54, 1.807) is 7.11 Å². The van der Waals surface area contributed by atoms with E-state index in [2.05, 4.69) is 19.2 Å². The molecule has 0 heterocycles. The van der Waals surface area contributed by atoms with Gasteiger partial charge < -0.3 is 10.1 Å². The number of rotatable bonds is 5. The van der Waals surface area contributed by atoms with Gasteiger partial charge >= 0.3 is 0 Å². The Morgan fingerprint density at radius 1 is 1.21 bits per heavy atom. The molecule has 2 unspecified atom stereocenters. The van der Waals surface area contributed by atoms with Gasteiger partial charge in [-0.1, -0.05) is 19.3 Å². The summed E-state index contributed by atoms with van der Waals surface area (Å²) in [5, 5.41) is 3.63. The standard InChI is InChI=1S/C12H25NO/c1-10(9-14-3)13-11(2)12-7-5-4-6-8-12/h10-13H,4-9H2,1-3H3. The van der Waals surface area contributed by atoms with Crippen molar-refractivity contribution in [1.29, 1.82) is 0 Å². The Kier molecular flexibility index (Phi) is 5.49. The Morgan fingerprint density at radius 3 is 2.43 bits per heavy atom. The van der Waals surface area contributed by atoms with Crippen molar-refractivity contribution in [2.24, 2.45) is 5.92 Å². The topological polar surface area (TPSA) is 21.3 Å². The average molecular weight is 199 g/mol. The summed E-state index contributed by atoms with van der Waals surface area (Å²) in [4.78, 5) is 0. The van der Waals surface area contributed by atoms with Gasteiger partial charge in [-0.25, -0.2) is 0 Å². The van der Waals surface area contributed by atoms with Crippen molar-refractivity contribution in [2.45, 2.75) is 58.0 Å². The zero-order chi connectivity index (χ0) is 10.4. The van der Waals surface area contributed by atoms with Gasteiger partial charge in [0.25, 0.3) is 0 Å². The molecule has 2 heteroatoms. The molecule has 14 heavy (non-hydrogen) atoms. The fourth-order valence-corrected chi connectivity index (χ4v) is 2.52. The lowest BCUT2D eigenvalue weighted by Crippen LogP contribution is -2.42. The van der Waals surface area contributed by atoms with E-state index in [9.17, 15) is 0 Å². The minimum absolute atomic E-state index is 0.483. The van der Waals surface area contributed by atoms with Crippen LogP contribution in [0.15, 0.2) is 0 Å². The highest BCUT2D eigenvalue weighted by atomic mass is 16.5. The summed E-state index contributed by atoms with van der Waals surface area (Å²) < 4.78 is 5.13. The number of hydrogen-bond donors (Lipinski definition) is 1. The lowest BCUT2D eigenvalue weighted by atomic mass is 9.84. The van der Waals surface area contributed by atoms with Crippen LogP contribution in [0.5, 0.6) is 0 Å². The van der Waals surface area contributed by atoms with E-state index in [-0.39, 0.29) is 0 Å². The van der Waals surface area contributed by atoms with Gasteiger partial charge in [0.2, 0.25) is 0 Å². The van der Waals surface area contributed by atoms with Crippen molar-refractivity contribution < 1.29 is 4.74 Å². The predicted molar refractivity (Wildman–Crippen MR) is 60.5 cm³/mol. The smallest absolute Gasteiger partial charge is 0.0613 e. The summed E-state index contributed by atoms with van der Waals surface area (Å²) in [6.45, 7) is 5.34. The molecule has 0 spiro atoms. The molecule has 1 aliphatic carbocycles. The van der Waals surface area contributed by atoms with Crippen molar-refractivity contribution in [3.05, 3.63) is 0 Å². The van der Waals surface area contributed by atoms with Crippen molar-refractivity contribution in [3.63, 3.8) is 0 Å². The minimum atomic E-state index is 0.483. The van der Waals surface area contributed by atoms with Crippen LogP contribution in [0.3, 0.4) is 0 Å². The van der Waals surface area contributed by atoms with Crippen LogP contribution in [0.25, 0.3) is 0 Å². The third-order valence-corrected chi connectivity index (χ3v) is 3.32. The number of hydrogen-bond acceptors (Lipinski definition) is 2. The molecule has 1 N–H and O–H groups in total. The first-order valence-electron chi connectivity index (χ1n) is 5.99. The number of methoxy groups -OCH3 is 1. The van der Waals surface area contributed by atoms with E-state index in [1.807, 2.05) is 0 Å². The molecule has 0 bridgehead atoms. The lowest BCUT2D eigenvalue weighted by Gasteiger charge is -2.30. The van der Waals surface area contributed by atoms with Gasteiger partial charge in [0, 0.05) is 19.2 Å². The van der Waals surface area contributed by atoms with Crippen LogP contribution in [0.1, 0.15) is 46.0 Å². The third kappa shape index (κ3) is 3.97. The molecule has 0 amide bonds. The molecule has 0 aromatic rings. The maximum atomic E-state index is 5.13. The quantitative estimate of drug-likeness (QED) is 0.735. The van der Waals surface area contributed by atoms with E-state index < -0.39 is 0 Å². The van der Waals surface area contributed by atoms with E-state index in [0.717, 1.165) is 12.5 Å². The maximum Gasteiger partial charge on any atom is 0.0613 e. The zero-order valence-corrected chi connectivity index (χ0v) is 9.88. The van der Waals surface area contributed by atoms with Gasteiger partial charge in [-0.2, -0.15) is 0 Å². The van der Waals surface area contributed by atoms with Gasteiger partial charge in [-0.3, -0.25) is 0 Å². The second kappa shape index (κ2) is 6.41. The first-order valence-corrected chi connectivity index (χ1v) is 5.99. The Balaban J connectivity index is 2.21. The summed E-state index contributed by atoms with van der Waals surface area (Å²) in [7, 11) is 1.77. The molecular formula is C12H25NO. The fraction of sp³-hybridized carbons (Fsp3) is 1.00. The molecule has 84 valence electrons. The molecule has 2 nitrogen and oxygen atoms in total. The minimum Gasteiger partial charge on any atom is -0.383 e. The van der Waals surface area contributed by atoms with Gasteiger partial charge in [0.15, 0.2) is 0 Å². The summed E-state index contributed by atoms with van der Waals surface area (Å²) >= 11 is 0. The van der Waals surface area contributed by atoms with Crippen molar-refractivity contribution in [2.75, 3.05) is 13.7 Å². The fourth-order valence-electron chi connectivity index (χ4n) is 2.52. The van der Waals surface area contributed by atoms with Crippen molar-refractivity contribution in [3.8, 4) is 0 Å². The van der Waals surface area contributed by atoms with Crippen LogP contribution in [-0.4, -0.2) is 25.8 Å². The summed E-state index contributed by atoms with van der Waals surface area (Å²) in [6, 6.07) is 1.14. The van der Waals surface area contributed by atoms with E-state index in [0.29, 0.717) is 12.1 Å². The largest absolute Gasteiger partial charge is 0.383 e. The molecule has 0 aromatic carbocycles. The molecule has 0 aliphatic heterocycles. The molecular weight excluding hydrogens is 174 g/mol.